The van der Waals surface area contributed by atoms with Gasteiger partial charge in [-0.1, -0.05) is 12.8 Å². The van der Waals surface area contributed by atoms with Gasteiger partial charge in [0, 0.05) is 6.54 Å². The second kappa shape index (κ2) is 5.05. The van der Waals surface area contributed by atoms with Gasteiger partial charge >= 0.3 is 0 Å². The molecule has 1 heterocycles. The molecule has 4 heteroatoms. The minimum Gasteiger partial charge on any atom is -0.390 e. The lowest BCUT2D eigenvalue weighted by atomic mass is 9.95. The van der Waals surface area contributed by atoms with Gasteiger partial charge in [-0.2, -0.15) is 5.06 Å². The molecule has 2 rings (SSSR count). The van der Waals surface area contributed by atoms with Crippen molar-refractivity contribution in [3.63, 3.8) is 0 Å². The van der Waals surface area contributed by atoms with Crippen LogP contribution in [0.25, 0.3) is 0 Å². The first-order valence-electron chi connectivity index (χ1n) is 5.88. The van der Waals surface area contributed by atoms with Gasteiger partial charge in [-0.15, -0.1) is 0 Å². The molecular weight excluding hydrogens is 194 g/mol. The van der Waals surface area contributed by atoms with Crippen LogP contribution in [0.5, 0.6) is 0 Å². The summed E-state index contributed by atoms with van der Waals surface area (Å²) in [6, 6.07) is -0.0980. The van der Waals surface area contributed by atoms with Crippen LogP contribution in [-0.2, 0) is 9.63 Å². The third-order valence-corrected chi connectivity index (χ3v) is 3.34. The number of rotatable bonds is 3. The molecule has 1 aliphatic heterocycles. The Morgan fingerprint density at radius 1 is 1.20 bits per heavy atom. The Morgan fingerprint density at radius 3 is 2.73 bits per heavy atom. The highest BCUT2D eigenvalue weighted by Crippen LogP contribution is 2.25. The summed E-state index contributed by atoms with van der Waals surface area (Å²) >= 11 is 0. The van der Waals surface area contributed by atoms with Gasteiger partial charge in [0.1, 0.15) is 12.4 Å². The number of aldehydes is 1. The van der Waals surface area contributed by atoms with E-state index in [-0.39, 0.29) is 18.2 Å². The van der Waals surface area contributed by atoms with Crippen molar-refractivity contribution >= 4 is 6.29 Å². The molecule has 1 aliphatic carbocycles. The normalized spacial score (nSPS) is 38.1. The Bertz CT molecular complexity index is 222. The molecule has 1 N–H and O–H groups in total. The van der Waals surface area contributed by atoms with Crippen molar-refractivity contribution in [1.29, 1.82) is 0 Å². The SMILES string of the molecule is O=C[C@@H]1CCCN1OC1CCCC[C@H]1O. The summed E-state index contributed by atoms with van der Waals surface area (Å²) in [5.41, 5.74) is 0. The zero-order chi connectivity index (χ0) is 10.7. The molecule has 2 fully saturated rings. The first kappa shape index (κ1) is 11.0. The van der Waals surface area contributed by atoms with E-state index in [0.29, 0.717) is 0 Å². The maximum atomic E-state index is 10.8. The zero-order valence-corrected chi connectivity index (χ0v) is 8.97. The van der Waals surface area contributed by atoms with E-state index < -0.39 is 0 Å². The van der Waals surface area contributed by atoms with E-state index >= 15 is 0 Å². The van der Waals surface area contributed by atoms with Crippen molar-refractivity contribution in [2.24, 2.45) is 0 Å². The van der Waals surface area contributed by atoms with E-state index in [2.05, 4.69) is 0 Å². The number of carbonyl (C=O) groups excluding carboxylic acids is 1. The van der Waals surface area contributed by atoms with Crippen molar-refractivity contribution in [1.82, 2.24) is 5.06 Å². The van der Waals surface area contributed by atoms with Crippen LogP contribution in [0.4, 0.5) is 0 Å². The van der Waals surface area contributed by atoms with Gasteiger partial charge in [0.05, 0.1) is 12.1 Å². The fourth-order valence-corrected chi connectivity index (χ4v) is 2.41. The third kappa shape index (κ3) is 2.56. The van der Waals surface area contributed by atoms with Crippen molar-refractivity contribution in [2.75, 3.05) is 6.54 Å². The first-order valence-corrected chi connectivity index (χ1v) is 5.88. The lowest BCUT2D eigenvalue weighted by Gasteiger charge is -2.32. The largest absolute Gasteiger partial charge is 0.390 e. The number of aliphatic hydroxyl groups is 1. The van der Waals surface area contributed by atoms with E-state index in [1.165, 1.54) is 0 Å². The van der Waals surface area contributed by atoms with Crippen LogP contribution in [-0.4, -0.2) is 41.3 Å². The van der Waals surface area contributed by atoms with Gasteiger partial charge in [0.25, 0.3) is 0 Å². The average molecular weight is 213 g/mol. The van der Waals surface area contributed by atoms with Gasteiger partial charge in [-0.05, 0) is 25.7 Å². The maximum Gasteiger partial charge on any atom is 0.139 e. The second-order valence-corrected chi connectivity index (χ2v) is 4.48. The summed E-state index contributed by atoms with van der Waals surface area (Å²) in [6.07, 6.45) is 6.30. The van der Waals surface area contributed by atoms with E-state index in [1.807, 2.05) is 0 Å². The van der Waals surface area contributed by atoms with Gasteiger partial charge in [-0.25, -0.2) is 0 Å². The van der Waals surface area contributed by atoms with Gasteiger partial charge in [0.2, 0.25) is 0 Å². The van der Waals surface area contributed by atoms with Crippen molar-refractivity contribution in [2.45, 2.75) is 56.8 Å². The predicted molar refractivity (Wildman–Crippen MR) is 55.1 cm³/mol. The molecule has 0 aromatic heterocycles. The Labute approximate surface area is 90.2 Å². The quantitative estimate of drug-likeness (QED) is 0.707. The molecule has 2 aliphatic rings. The molecule has 0 aromatic rings. The number of nitrogens with zero attached hydrogens (tertiary/aromatic N) is 1. The standard InChI is InChI=1S/C11H19NO3/c13-8-9-4-3-7-12(9)15-11-6-2-1-5-10(11)14/h8-11,14H,1-7H2/t9-,10+,11?/m0/s1. The molecule has 0 spiro atoms. The molecular formula is C11H19NO3. The molecule has 15 heavy (non-hydrogen) atoms. The highest BCUT2D eigenvalue weighted by Gasteiger charge is 2.31. The lowest BCUT2D eigenvalue weighted by molar-refractivity contribution is -0.232. The van der Waals surface area contributed by atoms with Gasteiger partial charge in [0.15, 0.2) is 0 Å². The van der Waals surface area contributed by atoms with Gasteiger partial charge in [-0.3, -0.25) is 4.84 Å². The van der Waals surface area contributed by atoms with Crippen LogP contribution in [0.2, 0.25) is 0 Å². The highest BCUT2D eigenvalue weighted by atomic mass is 16.7. The topological polar surface area (TPSA) is 49.8 Å². The molecule has 1 unspecified atom stereocenters. The minimum absolute atomic E-state index is 0.0979. The smallest absolute Gasteiger partial charge is 0.139 e. The molecule has 0 aromatic carbocycles. The monoisotopic (exact) mass is 213 g/mol. The van der Waals surface area contributed by atoms with E-state index in [1.54, 1.807) is 5.06 Å². The fraction of sp³-hybridized carbons (Fsp3) is 0.909. The van der Waals surface area contributed by atoms with Crippen molar-refractivity contribution in [3.05, 3.63) is 0 Å². The Kier molecular flexibility index (Phi) is 3.72. The van der Waals surface area contributed by atoms with Crippen molar-refractivity contribution in [3.8, 4) is 0 Å². The van der Waals surface area contributed by atoms with E-state index in [9.17, 15) is 9.90 Å². The Morgan fingerprint density at radius 2 is 2.00 bits per heavy atom. The molecule has 0 amide bonds. The average Bonchev–Trinajstić information content (AvgIpc) is 2.69. The molecule has 3 atom stereocenters. The number of hydrogen-bond donors (Lipinski definition) is 1. The summed E-state index contributed by atoms with van der Waals surface area (Å²) in [5.74, 6) is 0. The summed E-state index contributed by atoms with van der Waals surface area (Å²) in [4.78, 5) is 16.5. The lowest BCUT2D eigenvalue weighted by Crippen LogP contribution is -2.41. The molecule has 0 radical (unpaired) electrons. The van der Waals surface area contributed by atoms with Gasteiger partial charge < -0.3 is 9.90 Å². The third-order valence-electron chi connectivity index (χ3n) is 3.34. The van der Waals surface area contributed by atoms with Crippen molar-refractivity contribution < 1.29 is 14.7 Å². The fourth-order valence-electron chi connectivity index (χ4n) is 2.41. The molecule has 86 valence electrons. The zero-order valence-electron chi connectivity index (χ0n) is 8.97. The minimum atomic E-state index is -0.355. The van der Waals surface area contributed by atoms with Crippen LogP contribution in [0.15, 0.2) is 0 Å². The Hall–Kier alpha value is -0.450. The summed E-state index contributed by atoms with van der Waals surface area (Å²) in [6.45, 7) is 0.812. The molecule has 1 saturated heterocycles. The van der Waals surface area contributed by atoms with Crippen LogP contribution in [0, 0.1) is 0 Å². The Balaban J connectivity index is 1.86. The molecule has 1 saturated carbocycles. The summed E-state index contributed by atoms with van der Waals surface area (Å²) in [5, 5.41) is 11.5. The first-order chi connectivity index (χ1) is 7.31. The summed E-state index contributed by atoms with van der Waals surface area (Å²) < 4.78 is 0. The second-order valence-electron chi connectivity index (χ2n) is 4.48. The highest BCUT2D eigenvalue weighted by molar-refractivity contribution is 5.57. The van der Waals surface area contributed by atoms with Crippen LogP contribution >= 0.6 is 0 Å². The van der Waals surface area contributed by atoms with E-state index in [0.717, 1.165) is 51.4 Å². The number of carbonyl (C=O) groups is 1. The number of hydroxylamine groups is 2. The number of hydrogen-bond acceptors (Lipinski definition) is 4. The molecule has 4 nitrogen and oxygen atoms in total. The van der Waals surface area contributed by atoms with Crippen LogP contribution in [0.3, 0.4) is 0 Å². The van der Waals surface area contributed by atoms with Crippen LogP contribution in [0.1, 0.15) is 38.5 Å². The van der Waals surface area contributed by atoms with E-state index in [4.69, 9.17) is 4.84 Å². The summed E-state index contributed by atoms with van der Waals surface area (Å²) in [7, 11) is 0. The predicted octanol–water partition coefficient (Wildman–Crippen LogP) is 0.885. The van der Waals surface area contributed by atoms with Crippen LogP contribution < -0.4 is 0 Å². The molecule has 0 bridgehead atoms. The number of aliphatic hydroxyl groups excluding tert-OH is 1. The maximum absolute atomic E-state index is 10.8.